The van der Waals surface area contributed by atoms with Gasteiger partial charge in [-0.1, -0.05) is 6.07 Å². The third-order valence-corrected chi connectivity index (χ3v) is 2.52. The van der Waals surface area contributed by atoms with E-state index in [9.17, 15) is 13.2 Å². The molecule has 0 saturated carbocycles. The van der Waals surface area contributed by atoms with Crippen molar-refractivity contribution < 1.29 is 13.2 Å². The maximum atomic E-state index is 13.1. The number of nitrogens with two attached hydrogens (primary N) is 1. The van der Waals surface area contributed by atoms with Crippen molar-refractivity contribution in [2.24, 2.45) is 0 Å². The van der Waals surface area contributed by atoms with Crippen LogP contribution in [0.25, 0.3) is 11.1 Å². The minimum Gasteiger partial charge on any atom is -0.399 e. The molecule has 1 heterocycles. The molecule has 1 aromatic carbocycles. The SMILES string of the molecule is Nc1ccc(CC(F)F)c(-c2cncc(F)c2)c1. The van der Waals surface area contributed by atoms with Crippen molar-refractivity contribution in [3.05, 3.63) is 48.0 Å². The Balaban J connectivity index is 2.50. The van der Waals surface area contributed by atoms with E-state index in [0.29, 0.717) is 22.4 Å². The van der Waals surface area contributed by atoms with Crippen LogP contribution in [0.4, 0.5) is 18.9 Å². The summed E-state index contributed by atoms with van der Waals surface area (Å²) in [5.41, 5.74) is 7.42. The van der Waals surface area contributed by atoms with Gasteiger partial charge in [0.2, 0.25) is 6.43 Å². The maximum Gasteiger partial charge on any atom is 0.242 e. The van der Waals surface area contributed by atoms with Crippen molar-refractivity contribution in [1.29, 1.82) is 0 Å². The van der Waals surface area contributed by atoms with E-state index in [2.05, 4.69) is 4.98 Å². The summed E-state index contributed by atoms with van der Waals surface area (Å²) >= 11 is 0. The monoisotopic (exact) mass is 252 g/mol. The van der Waals surface area contributed by atoms with Crippen LogP contribution in [0.1, 0.15) is 5.56 Å². The molecule has 2 nitrogen and oxygen atoms in total. The van der Waals surface area contributed by atoms with E-state index in [1.54, 1.807) is 12.1 Å². The Morgan fingerprint density at radius 1 is 1.17 bits per heavy atom. The molecular formula is C13H11F3N2. The summed E-state index contributed by atoms with van der Waals surface area (Å²) in [5.74, 6) is -0.516. The molecule has 18 heavy (non-hydrogen) atoms. The largest absolute Gasteiger partial charge is 0.399 e. The number of alkyl halides is 2. The van der Waals surface area contributed by atoms with Gasteiger partial charge in [0.15, 0.2) is 0 Å². The molecule has 0 spiro atoms. The second-order valence-electron chi connectivity index (χ2n) is 3.90. The van der Waals surface area contributed by atoms with Crippen molar-refractivity contribution in [2.45, 2.75) is 12.8 Å². The lowest BCUT2D eigenvalue weighted by atomic mass is 9.98. The highest BCUT2D eigenvalue weighted by atomic mass is 19.3. The summed E-state index contributed by atoms with van der Waals surface area (Å²) in [4.78, 5) is 3.71. The number of nitrogens with zero attached hydrogens (tertiary/aromatic N) is 1. The topological polar surface area (TPSA) is 38.9 Å². The van der Waals surface area contributed by atoms with Gasteiger partial charge in [-0.3, -0.25) is 4.98 Å². The van der Waals surface area contributed by atoms with E-state index in [0.717, 1.165) is 6.20 Å². The molecule has 0 aliphatic rings. The highest BCUT2D eigenvalue weighted by Crippen LogP contribution is 2.27. The zero-order valence-corrected chi connectivity index (χ0v) is 9.41. The van der Waals surface area contributed by atoms with Gasteiger partial charge < -0.3 is 5.73 Å². The minimum atomic E-state index is -2.46. The summed E-state index contributed by atoms with van der Waals surface area (Å²) in [6, 6.07) is 5.88. The Morgan fingerprint density at radius 2 is 1.94 bits per heavy atom. The standard InChI is InChI=1S/C13H11F3N2/c14-10-3-9(6-18-7-10)12-5-11(17)2-1-8(12)4-13(15)16/h1-3,5-7,13H,4,17H2. The first-order chi connectivity index (χ1) is 8.56. The fraction of sp³-hybridized carbons (Fsp3) is 0.154. The van der Waals surface area contributed by atoms with E-state index >= 15 is 0 Å². The Hall–Kier alpha value is -2.04. The zero-order valence-electron chi connectivity index (χ0n) is 9.41. The van der Waals surface area contributed by atoms with E-state index in [-0.39, 0.29) is 0 Å². The van der Waals surface area contributed by atoms with Crippen LogP contribution in [0, 0.1) is 5.82 Å². The summed E-state index contributed by atoms with van der Waals surface area (Å²) in [6.45, 7) is 0. The van der Waals surface area contributed by atoms with Crippen molar-refractivity contribution in [1.82, 2.24) is 4.98 Å². The molecule has 0 unspecified atom stereocenters. The van der Waals surface area contributed by atoms with Gasteiger partial charge in [0, 0.05) is 23.9 Å². The number of rotatable bonds is 3. The Kier molecular flexibility index (Phi) is 3.50. The van der Waals surface area contributed by atoms with Gasteiger partial charge in [0.05, 0.1) is 6.20 Å². The average Bonchev–Trinajstić information content (AvgIpc) is 2.31. The van der Waals surface area contributed by atoms with Crippen molar-refractivity contribution in [2.75, 3.05) is 5.73 Å². The van der Waals surface area contributed by atoms with Gasteiger partial charge >= 0.3 is 0 Å². The summed E-state index contributed by atoms with van der Waals surface area (Å²) in [6.07, 6.45) is -0.379. The lowest BCUT2D eigenvalue weighted by Gasteiger charge is -2.10. The van der Waals surface area contributed by atoms with Crippen LogP contribution in [-0.2, 0) is 6.42 Å². The molecule has 0 aliphatic heterocycles. The molecule has 2 aromatic rings. The number of anilines is 1. The fourth-order valence-electron chi connectivity index (χ4n) is 1.77. The molecule has 0 saturated heterocycles. The van der Waals surface area contributed by atoms with Gasteiger partial charge in [-0.2, -0.15) is 0 Å². The molecule has 0 radical (unpaired) electrons. The predicted molar refractivity (Wildman–Crippen MR) is 63.8 cm³/mol. The molecular weight excluding hydrogens is 241 g/mol. The number of hydrogen-bond acceptors (Lipinski definition) is 2. The quantitative estimate of drug-likeness (QED) is 0.851. The molecule has 0 atom stereocenters. The highest BCUT2D eigenvalue weighted by Gasteiger charge is 2.12. The lowest BCUT2D eigenvalue weighted by Crippen LogP contribution is -2.00. The number of benzene rings is 1. The van der Waals surface area contributed by atoms with Crippen molar-refractivity contribution >= 4 is 5.69 Å². The molecule has 0 fully saturated rings. The number of pyridine rings is 1. The Morgan fingerprint density at radius 3 is 2.61 bits per heavy atom. The van der Waals surface area contributed by atoms with Gasteiger partial charge in [0.25, 0.3) is 0 Å². The molecule has 2 rings (SSSR count). The lowest BCUT2D eigenvalue weighted by molar-refractivity contribution is 0.149. The van der Waals surface area contributed by atoms with Crippen molar-refractivity contribution in [3.63, 3.8) is 0 Å². The molecule has 5 heteroatoms. The van der Waals surface area contributed by atoms with Crippen LogP contribution in [0.2, 0.25) is 0 Å². The summed E-state index contributed by atoms with van der Waals surface area (Å²) in [7, 11) is 0. The van der Waals surface area contributed by atoms with Crippen LogP contribution in [0.3, 0.4) is 0 Å². The Bertz CT molecular complexity index is 556. The first-order valence-corrected chi connectivity index (χ1v) is 5.34. The predicted octanol–water partition coefficient (Wildman–Crippen LogP) is 3.28. The average molecular weight is 252 g/mol. The molecule has 94 valence electrons. The van der Waals surface area contributed by atoms with Gasteiger partial charge in [-0.05, 0) is 29.3 Å². The molecule has 0 bridgehead atoms. The Labute approximate surface area is 102 Å². The second-order valence-corrected chi connectivity index (χ2v) is 3.90. The first-order valence-electron chi connectivity index (χ1n) is 5.34. The fourth-order valence-corrected chi connectivity index (χ4v) is 1.77. The highest BCUT2D eigenvalue weighted by molar-refractivity contribution is 5.70. The van der Waals surface area contributed by atoms with Crippen LogP contribution in [-0.4, -0.2) is 11.4 Å². The number of hydrogen-bond donors (Lipinski definition) is 1. The third kappa shape index (κ3) is 2.80. The number of aromatic nitrogens is 1. The molecule has 0 aliphatic carbocycles. The van der Waals surface area contributed by atoms with E-state index < -0.39 is 18.7 Å². The third-order valence-electron chi connectivity index (χ3n) is 2.52. The molecule has 0 amide bonds. The minimum absolute atomic E-state index is 0.397. The second kappa shape index (κ2) is 5.08. The van der Waals surface area contributed by atoms with Crippen molar-refractivity contribution in [3.8, 4) is 11.1 Å². The van der Waals surface area contributed by atoms with Gasteiger partial charge in [-0.15, -0.1) is 0 Å². The first kappa shape index (κ1) is 12.4. The smallest absolute Gasteiger partial charge is 0.242 e. The van der Waals surface area contributed by atoms with Crippen LogP contribution in [0.15, 0.2) is 36.7 Å². The van der Waals surface area contributed by atoms with E-state index in [1.807, 2.05) is 0 Å². The maximum absolute atomic E-state index is 13.1. The normalized spacial score (nSPS) is 10.9. The van der Waals surface area contributed by atoms with Crippen LogP contribution >= 0.6 is 0 Å². The van der Waals surface area contributed by atoms with Crippen LogP contribution in [0.5, 0.6) is 0 Å². The summed E-state index contributed by atoms with van der Waals surface area (Å²) in [5, 5.41) is 0. The summed E-state index contributed by atoms with van der Waals surface area (Å²) < 4.78 is 38.1. The van der Waals surface area contributed by atoms with Crippen LogP contribution < -0.4 is 5.73 Å². The molecule has 2 N–H and O–H groups in total. The van der Waals surface area contributed by atoms with Gasteiger partial charge in [0.1, 0.15) is 5.82 Å². The molecule has 1 aromatic heterocycles. The van der Waals surface area contributed by atoms with Gasteiger partial charge in [-0.25, -0.2) is 13.2 Å². The number of nitrogen functional groups attached to an aromatic ring is 1. The number of halogens is 3. The van der Waals surface area contributed by atoms with E-state index in [1.165, 1.54) is 18.3 Å². The van der Waals surface area contributed by atoms with E-state index in [4.69, 9.17) is 5.73 Å². The zero-order chi connectivity index (χ0) is 13.1.